The molecule has 1 radical (unpaired) electrons. The first kappa shape index (κ1) is 10.3. The highest BCUT2D eigenvalue weighted by atomic mass is 14.1. The zero-order chi connectivity index (χ0) is 9.84. The minimum atomic E-state index is 0.625. The largest absolute Gasteiger partial charge is 0.0625 e. The lowest BCUT2D eigenvalue weighted by atomic mass is 9.97. The van der Waals surface area contributed by atoms with E-state index in [0.717, 1.165) is 12.3 Å². The van der Waals surface area contributed by atoms with Gasteiger partial charge in [-0.05, 0) is 35.4 Å². The van der Waals surface area contributed by atoms with Gasteiger partial charge in [0.1, 0.15) is 0 Å². The Morgan fingerprint density at radius 1 is 1.23 bits per heavy atom. The van der Waals surface area contributed by atoms with Gasteiger partial charge in [-0.15, -0.1) is 0 Å². The van der Waals surface area contributed by atoms with Crippen molar-refractivity contribution in [3.63, 3.8) is 0 Å². The maximum atomic E-state index is 3.30. The summed E-state index contributed by atoms with van der Waals surface area (Å²) in [4.78, 5) is 0. The molecule has 0 aliphatic carbocycles. The summed E-state index contributed by atoms with van der Waals surface area (Å²) in [6, 6.07) is 9.79. The van der Waals surface area contributed by atoms with Crippen molar-refractivity contribution in [2.75, 3.05) is 0 Å². The van der Waals surface area contributed by atoms with E-state index >= 15 is 0 Å². The average molecular weight is 175 g/mol. The van der Waals surface area contributed by atoms with Gasteiger partial charge >= 0.3 is 0 Å². The Hall–Kier alpha value is -0.780. The van der Waals surface area contributed by atoms with Gasteiger partial charge in [-0.1, -0.05) is 45.9 Å². The van der Waals surface area contributed by atoms with Gasteiger partial charge in [0.05, 0.1) is 0 Å². The number of benzene rings is 1. The zero-order valence-corrected chi connectivity index (χ0v) is 9.09. The van der Waals surface area contributed by atoms with E-state index in [9.17, 15) is 0 Å². The predicted molar refractivity (Wildman–Crippen MR) is 57.9 cm³/mol. The highest BCUT2D eigenvalue weighted by Gasteiger charge is 2.01. The summed E-state index contributed by atoms with van der Waals surface area (Å²) in [5.74, 6) is 1.35. The Morgan fingerprint density at radius 3 is 2.46 bits per heavy atom. The lowest BCUT2D eigenvalue weighted by molar-refractivity contribution is 0.645. The van der Waals surface area contributed by atoms with Crippen molar-refractivity contribution in [3.05, 3.63) is 35.4 Å². The molecule has 0 nitrogen and oxygen atoms in total. The highest BCUT2D eigenvalue weighted by molar-refractivity contribution is 5.24. The molecule has 0 heterocycles. The number of rotatable bonds is 3. The van der Waals surface area contributed by atoms with E-state index in [1.54, 1.807) is 0 Å². The minimum absolute atomic E-state index is 0.625. The molecule has 0 aliphatic rings. The van der Waals surface area contributed by atoms with E-state index < -0.39 is 0 Å². The lowest BCUT2D eigenvalue weighted by Crippen LogP contribution is -1.96. The maximum absolute atomic E-state index is 3.30. The Labute approximate surface area is 82.0 Å². The summed E-state index contributed by atoms with van der Waals surface area (Å²) in [6.07, 6.45) is 1.14. The van der Waals surface area contributed by atoms with Crippen molar-refractivity contribution in [2.45, 2.75) is 40.0 Å². The highest BCUT2D eigenvalue weighted by Crippen LogP contribution is 2.16. The summed E-state index contributed by atoms with van der Waals surface area (Å²) in [5.41, 5.74) is 2.77. The molecule has 0 amide bonds. The van der Waals surface area contributed by atoms with Crippen LogP contribution in [0.1, 0.15) is 44.7 Å². The Morgan fingerprint density at radius 2 is 1.92 bits per heavy atom. The van der Waals surface area contributed by atoms with Gasteiger partial charge in [0.25, 0.3) is 0 Å². The first-order valence-electron chi connectivity index (χ1n) is 5.10. The number of hydrogen-bond acceptors (Lipinski definition) is 0. The third-order valence-corrected chi connectivity index (χ3v) is 2.18. The van der Waals surface area contributed by atoms with Crippen molar-refractivity contribution >= 4 is 0 Å². The van der Waals surface area contributed by atoms with Crippen LogP contribution in [0.2, 0.25) is 0 Å². The monoisotopic (exact) mass is 175 g/mol. The molecule has 0 saturated carbocycles. The van der Waals surface area contributed by atoms with E-state index in [1.807, 2.05) is 6.07 Å². The van der Waals surface area contributed by atoms with Crippen LogP contribution in [0.5, 0.6) is 0 Å². The van der Waals surface area contributed by atoms with Crippen molar-refractivity contribution in [3.8, 4) is 0 Å². The predicted octanol–water partition coefficient (Wildman–Crippen LogP) is 3.81. The van der Waals surface area contributed by atoms with Gasteiger partial charge < -0.3 is 0 Å². The van der Waals surface area contributed by atoms with Crippen molar-refractivity contribution < 1.29 is 0 Å². The molecule has 1 rings (SSSR count). The fraction of sp³-hybridized carbons (Fsp3) is 0.538. The molecule has 0 aliphatic heterocycles. The fourth-order valence-electron chi connectivity index (χ4n) is 1.45. The van der Waals surface area contributed by atoms with Crippen LogP contribution in [-0.4, -0.2) is 0 Å². The van der Waals surface area contributed by atoms with Crippen LogP contribution < -0.4 is 0 Å². The van der Waals surface area contributed by atoms with Crippen molar-refractivity contribution in [1.82, 2.24) is 0 Å². The summed E-state index contributed by atoms with van der Waals surface area (Å²) < 4.78 is 0. The second-order valence-electron chi connectivity index (χ2n) is 4.40. The van der Waals surface area contributed by atoms with Crippen molar-refractivity contribution in [2.24, 2.45) is 5.92 Å². The van der Waals surface area contributed by atoms with E-state index in [4.69, 9.17) is 0 Å². The van der Waals surface area contributed by atoms with Crippen LogP contribution in [0.25, 0.3) is 0 Å². The maximum Gasteiger partial charge on any atom is -0.0149 e. The van der Waals surface area contributed by atoms with E-state index in [-0.39, 0.29) is 0 Å². The van der Waals surface area contributed by atoms with Crippen LogP contribution in [0.3, 0.4) is 0 Å². The molecule has 0 spiro atoms. The molecule has 0 N–H and O–H groups in total. The Bertz CT molecular complexity index is 258. The third kappa shape index (κ3) is 3.22. The average Bonchev–Trinajstić information content (AvgIpc) is 2.03. The van der Waals surface area contributed by atoms with E-state index in [1.165, 1.54) is 11.1 Å². The Balaban J connectivity index is 2.79. The van der Waals surface area contributed by atoms with Gasteiger partial charge in [-0.3, -0.25) is 0 Å². The second kappa shape index (κ2) is 4.45. The summed E-state index contributed by atoms with van der Waals surface area (Å²) >= 11 is 0. The molecule has 0 bridgehead atoms. The first-order chi connectivity index (χ1) is 6.09. The molecule has 0 saturated heterocycles. The Kier molecular flexibility index (Phi) is 3.53. The summed E-state index contributed by atoms with van der Waals surface area (Å²) in [7, 11) is 0. The SMILES string of the molecule is CC(C)Cc1[c]ccc(C(C)C)c1. The zero-order valence-electron chi connectivity index (χ0n) is 9.09. The van der Waals surface area contributed by atoms with Gasteiger partial charge in [0.15, 0.2) is 0 Å². The lowest BCUT2D eigenvalue weighted by Gasteiger charge is -2.09. The molecule has 0 fully saturated rings. The van der Waals surface area contributed by atoms with Crippen LogP contribution in [0.4, 0.5) is 0 Å². The molecular formula is C13H19. The van der Waals surface area contributed by atoms with Crippen LogP contribution in [0.15, 0.2) is 18.2 Å². The van der Waals surface area contributed by atoms with Crippen LogP contribution in [-0.2, 0) is 6.42 Å². The molecule has 0 unspecified atom stereocenters. The molecular weight excluding hydrogens is 156 g/mol. The van der Waals surface area contributed by atoms with Gasteiger partial charge in [0, 0.05) is 0 Å². The van der Waals surface area contributed by atoms with Crippen LogP contribution in [0, 0.1) is 12.0 Å². The van der Waals surface area contributed by atoms with Crippen molar-refractivity contribution in [1.29, 1.82) is 0 Å². The molecule has 0 atom stereocenters. The topological polar surface area (TPSA) is 0 Å². The first-order valence-corrected chi connectivity index (χ1v) is 5.10. The van der Waals surface area contributed by atoms with Gasteiger partial charge in [0.2, 0.25) is 0 Å². The molecule has 0 heteroatoms. The van der Waals surface area contributed by atoms with Gasteiger partial charge in [-0.2, -0.15) is 0 Å². The minimum Gasteiger partial charge on any atom is -0.0625 e. The molecule has 71 valence electrons. The molecule has 1 aromatic carbocycles. The molecule has 0 aromatic heterocycles. The standard InChI is InChI=1S/C13H19/c1-10(2)8-12-6-5-7-13(9-12)11(3)4/h5,7,9-11H,8H2,1-4H3. The smallest absolute Gasteiger partial charge is 0.0149 e. The number of hydrogen-bond donors (Lipinski definition) is 0. The molecule has 1 aromatic rings. The summed E-state index contributed by atoms with van der Waals surface area (Å²) in [5, 5.41) is 0. The normalized spacial score (nSPS) is 11.2. The quantitative estimate of drug-likeness (QED) is 0.655. The van der Waals surface area contributed by atoms with Gasteiger partial charge in [-0.25, -0.2) is 0 Å². The van der Waals surface area contributed by atoms with E-state index in [2.05, 4.69) is 45.9 Å². The second-order valence-corrected chi connectivity index (χ2v) is 4.40. The third-order valence-electron chi connectivity index (χ3n) is 2.18. The molecule has 13 heavy (non-hydrogen) atoms. The van der Waals surface area contributed by atoms with E-state index in [0.29, 0.717) is 5.92 Å². The summed E-state index contributed by atoms with van der Waals surface area (Å²) in [6.45, 7) is 8.95. The van der Waals surface area contributed by atoms with Crippen LogP contribution >= 0.6 is 0 Å². The fourth-order valence-corrected chi connectivity index (χ4v) is 1.45.